The molecular weight excluding hydrogens is 316 g/mol. The summed E-state index contributed by atoms with van der Waals surface area (Å²) in [6, 6.07) is 17.8. The Morgan fingerprint density at radius 2 is 1.62 bits per heavy atom. The average molecular weight is 332 g/mol. The van der Waals surface area contributed by atoms with Crippen LogP contribution in [0.2, 0.25) is 0 Å². The highest BCUT2D eigenvalue weighted by Crippen LogP contribution is 2.29. The lowest BCUT2D eigenvalue weighted by Gasteiger charge is -2.11. The zero-order valence-corrected chi connectivity index (χ0v) is 14.3. The van der Waals surface area contributed by atoms with E-state index in [1.807, 2.05) is 67.7 Å². The molecule has 0 spiro atoms. The molecule has 0 fully saturated rings. The third-order valence-corrected chi connectivity index (χ3v) is 5.25. The highest BCUT2D eigenvalue weighted by Gasteiger charge is 2.07. The van der Waals surface area contributed by atoms with E-state index in [0.29, 0.717) is 0 Å². The van der Waals surface area contributed by atoms with Crippen LogP contribution in [0.1, 0.15) is 0 Å². The van der Waals surface area contributed by atoms with E-state index >= 15 is 0 Å². The van der Waals surface area contributed by atoms with Gasteiger partial charge >= 0.3 is 0 Å². The third-order valence-electron chi connectivity index (χ3n) is 4.12. The van der Waals surface area contributed by atoms with E-state index in [4.69, 9.17) is 0 Å². The fraction of sp³-hybridized carbons (Fsp3) is 0.100. The smallest absolute Gasteiger partial charge is 0.195 e. The minimum absolute atomic E-state index is 0.104. The molecule has 4 aromatic rings. The first-order chi connectivity index (χ1) is 11.6. The number of nitrogens with zero attached hydrogens (tertiary/aromatic N) is 2. The van der Waals surface area contributed by atoms with Gasteiger partial charge in [-0.1, -0.05) is 18.2 Å². The molecule has 4 heteroatoms. The van der Waals surface area contributed by atoms with Crippen LogP contribution in [0.3, 0.4) is 0 Å². The number of hydrogen-bond donors (Lipinski definition) is 0. The van der Waals surface area contributed by atoms with Crippen molar-refractivity contribution >= 4 is 37.3 Å². The van der Waals surface area contributed by atoms with E-state index in [-0.39, 0.29) is 5.43 Å². The summed E-state index contributed by atoms with van der Waals surface area (Å²) in [6.45, 7) is 0. The maximum atomic E-state index is 12.6. The van der Waals surface area contributed by atoms with Crippen molar-refractivity contribution < 1.29 is 0 Å². The van der Waals surface area contributed by atoms with Gasteiger partial charge in [-0.25, -0.2) is 4.98 Å². The van der Waals surface area contributed by atoms with Gasteiger partial charge in [0.25, 0.3) is 0 Å². The molecule has 118 valence electrons. The fourth-order valence-corrected chi connectivity index (χ4v) is 3.91. The predicted octanol–water partition coefficient (Wildman–Crippen LogP) is 4.54. The molecule has 2 aromatic carbocycles. The largest absolute Gasteiger partial charge is 0.363 e. The monoisotopic (exact) mass is 332 g/mol. The molecule has 2 heterocycles. The van der Waals surface area contributed by atoms with Crippen LogP contribution in [0.15, 0.2) is 65.6 Å². The van der Waals surface area contributed by atoms with Gasteiger partial charge in [0.1, 0.15) is 5.82 Å². The first-order valence-electron chi connectivity index (χ1n) is 7.73. The molecule has 0 aliphatic heterocycles. The standard InChI is InChI=1S/C20H16N2OS/c1-22(2)19-10-8-14(12-21-19)13-7-9-16-18(11-13)24-17-6-4-3-5-15(17)20(16)23/h3-12H,1-2H3. The summed E-state index contributed by atoms with van der Waals surface area (Å²) in [5, 5.41) is 1.57. The van der Waals surface area contributed by atoms with Gasteiger partial charge in [0, 0.05) is 46.0 Å². The van der Waals surface area contributed by atoms with Crippen LogP contribution < -0.4 is 10.3 Å². The fourth-order valence-electron chi connectivity index (χ4n) is 2.80. The molecule has 0 atom stereocenters. The van der Waals surface area contributed by atoms with Gasteiger partial charge in [0.05, 0.1) is 0 Å². The minimum Gasteiger partial charge on any atom is -0.363 e. The quantitative estimate of drug-likeness (QED) is 0.505. The first-order valence-corrected chi connectivity index (χ1v) is 8.54. The summed E-state index contributed by atoms with van der Waals surface area (Å²) in [5.41, 5.74) is 2.23. The molecule has 24 heavy (non-hydrogen) atoms. The van der Waals surface area contributed by atoms with Crippen molar-refractivity contribution in [2.45, 2.75) is 0 Å². The highest BCUT2D eigenvalue weighted by molar-refractivity contribution is 7.24. The number of anilines is 1. The van der Waals surface area contributed by atoms with Crippen molar-refractivity contribution in [3.8, 4) is 11.1 Å². The molecule has 0 unspecified atom stereocenters. The van der Waals surface area contributed by atoms with Gasteiger partial charge in [0.15, 0.2) is 5.43 Å². The Hall–Kier alpha value is -2.72. The molecular formula is C20H16N2OS. The SMILES string of the molecule is CN(C)c1ccc(-c2ccc3c(=O)c4ccccc4sc3c2)cn1. The van der Waals surface area contributed by atoms with Crippen molar-refractivity contribution in [1.82, 2.24) is 4.98 Å². The lowest BCUT2D eigenvalue weighted by Crippen LogP contribution is -2.09. The normalized spacial score (nSPS) is 11.1. The number of benzene rings is 2. The molecule has 3 nitrogen and oxygen atoms in total. The van der Waals surface area contributed by atoms with Crippen molar-refractivity contribution in [2.75, 3.05) is 19.0 Å². The van der Waals surface area contributed by atoms with Crippen LogP contribution in [-0.2, 0) is 0 Å². The molecule has 0 bridgehead atoms. The molecule has 0 aliphatic rings. The van der Waals surface area contributed by atoms with Gasteiger partial charge in [-0.15, -0.1) is 11.3 Å². The molecule has 0 aliphatic carbocycles. The lowest BCUT2D eigenvalue weighted by molar-refractivity contribution is 1.07. The number of pyridine rings is 1. The summed E-state index contributed by atoms with van der Waals surface area (Å²) in [4.78, 5) is 19.1. The van der Waals surface area contributed by atoms with E-state index in [9.17, 15) is 4.79 Å². The van der Waals surface area contributed by atoms with E-state index in [1.165, 1.54) is 0 Å². The number of fused-ring (bicyclic) bond motifs is 2. The Bertz CT molecular complexity index is 1100. The number of aromatic nitrogens is 1. The van der Waals surface area contributed by atoms with E-state index in [1.54, 1.807) is 11.3 Å². The van der Waals surface area contributed by atoms with Gasteiger partial charge in [-0.05, 0) is 42.0 Å². The van der Waals surface area contributed by atoms with Crippen LogP contribution in [0.4, 0.5) is 5.82 Å². The summed E-state index contributed by atoms with van der Waals surface area (Å²) in [5.74, 6) is 0.926. The Kier molecular flexibility index (Phi) is 3.54. The second-order valence-electron chi connectivity index (χ2n) is 5.94. The molecule has 2 aromatic heterocycles. The van der Waals surface area contributed by atoms with Crippen LogP contribution in [-0.4, -0.2) is 19.1 Å². The zero-order chi connectivity index (χ0) is 16.7. The Morgan fingerprint density at radius 3 is 2.38 bits per heavy atom. The van der Waals surface area contributed by atoms with E-state index in [0.717, 1.165) is 37.1 Å². The molecule has 0 saturated carbocycles. The molecule has 4 rings (SSSR count). The van der Waals surface area contributed by atoms with Crippen LogP contribution >= 0.6 is 11.3 Å². The maximum absolute atomic E-state index is 12.6. The molecule has 0 radical (unpaired) electrons. The highest BCUT2D eigenvalue weighted by atomic mass is 32.1. The Balaban J connectivity index is 1.89. The maximum Gasteiger partial charge on any atom is 0.195 e. The average Bonchev–Trinajstić information content (AvgIpc) is 2.61. The third kappa shape index (κ3) is 2.45. The number of hydrogen-bond acceptors (Lipinski definition) is 4. The molecule has 0 saturated heterocycles. The minimum atomic E-state index is 0.104. The summed E-state index contributed by atoms with van der Waals surface area (Å²) in [6.07, 6.45) is 1.88. The first kappa shape index (κ1) is 14.8. The molecule has 0 amide bonds. The van der Waals surface area contributed by atoms with Crippen LogP contribution in [0.5, 0.6) is 0 Å². The van der Waals surface area contributed by atoms with Gasteiger partial charge in [-0.3, -0.25) is 4.79 Å². The predicted molar refractivity (Wildman–Crippen MR) is 103 cm³/mol. The van der Waals surface area contributed by atoms with Crippen molar-refractivity contribution in [2.24, 2.45) is 0 Å². The topological polar surface area (TPSA) is 33.2 Å². The Labute approximate surface area is 143 Å². The van der Waals surface area contributed by atoms with E-state index in [2.05, 4.69) is 17.1 Å². The van der Waals surface area contributed by atoms with Gasteiger partial charge in [-0.2, -0.15) is 0 Å². The zero-order valence-electron chi connectivity index (χ0n) is 13.5. The van der Waals surface area contributed by atoms with Crippen molar-refractivity contribution in [3.05, 3.63) is 71.0 Å². The van der Waals surface area contributed by atoms with Crippen molar-refractivity contribution in [3.63, 3.8) is 0 Å². The van der Waals surface area contributed by atoms with Gasteiger partial charge < -0.3 is 4.90 Å². The summed E-state index contributed by atoms with van der Waals surface area (Å²) >= 11 is 1.65. The summed E-state index contributed by atoms with van der Waals surface area (Å²) in [7, 11) is 3.95. The molecule has 0 N–H and O–H groups in total. The van der Waals surface area contributed by atoms with Crippen LogP contribution in [0.25, 0.3) is 31.3 Å². The second kappa shape index (κ2) is 5.73. The number of rotatable bonds is 2. The lowest BCUT2D eigenvalue weighted by atomic mass is 10.1. The second-order valence-corrected chi connectivity index (χ2v) is 7.02. The summed E-state index contributed by atoms with van der Waals surface area (Å²) < 4.78 is 2.03. The Morgan fingerprint density at radius 1 is 0.875 bits per heavy atom. The van der Waals surface area contributed by atoms with Crippen LogP contribution in [0, 0.1) is 0 Å². The van der Waals surface area contributed by atoms with E-state index < -0.39 is 0 Å². The van der Waals surface area contributed by atoms with Gasteiger partial charge in [0.2, 0.25) is 0 Å². The van der Waals surface area contributed by atoms with Crippen molar-refractivity contribution in [1.29, 1.82) is 0 Å².